The Balaban J connectivity index is 1.65. The summed E-state index contributed by atoms with van der Waals surface area (Å²) in [6.07, 6.45) is 0.907. The van der Waals surface area contributed by atoms with Gasteiger partial charge in [-0.2, -0.15) is 0 Å². The lowest BCUT2D eigenvalue weighted by atomic mass is 10.1. The van der Waals surface area contributed by atoms with Gasteiger partial charge in [-0.25, -0.2) is 8.78 Å². The second-order valence-electron chi connectivity index (χ2n) is 7.30. The molecule has 0 aliphatic heterocycles. The standard InChI is InChI=1S/C22H24F2N4O2S/c1-15(2)10-11-28-20(13-30-17-6-4-3-5-7-17)26-27-22(28)31-14-21(29)25-19-12-16(23)8-9-18(19)24/h3-9,12,15H,10-11,13-14H2,1-2H3,(H,25,29). The van der Waals surface area contributed by atoms with Crippen LogP contribution in [0.3, 0.4) is 0 Å². The normalized spacial score (nSPS) is 11.0. The monoisotopic (exact) mass is 446 g/mol. The minimum Gasteiger partial charge on any atom is -0.486 e. The van der Waals surface area contributed by atoms with Crippen molar-refractivity contribution in [2.24, 2.45) is 5.92 Å². The van der Waals surface area contributed by atoms with E-state index in [1.807, 2.05) is 34.9 Å². The third-order valence-electron chi connectivity index (χ3n) is 4.37. The summed E-state index contributed by atoms with van der Waals surface area (Å²) in [5.74, 6) is 0.0589. The van der Waals surface area contributed by atoms with E-state index in [0.717, 1.165) is 30.4 Å². The van der Waals surface area contributed by atoms with Crippen molar-refractivity contribution in [2.45, 2.75) is 38.6 Å². The quantitative estimate of drug-likeness (QED) is 0.448. The molecule has 2 aromatic carbocycles. The van der Waals surface area contributed by atoms with E-state index in [1.165, 1.54) is 11.8 Å². The molecule has 0 aliphatic rings. The zero-order valence-corrected chi connectivity index (χ0v) is 18.2. The molecule has 31 heavy (non-hydrogen) atoms. The van der Waals surface area contributed by atoms with E-state index in [0.29, 0.717) is 23.4 Å². The van der Waals surface area contributed by atoms with E-state index < -0.39 is 17.5 Å². The van der Waals surface area contributed by atoms with Crippen molar-refractivity contribution in [1.29, 1.82) is 0 Å². The first-order chi connectivity index (χ1) is 14.9. The maximum atomic E-state index is 13.7. The average Bonchev–Trinajstić information content (AvgIpc) is 3.14. The molecule has 0 atom stereocenters. The molecule has 0 fully saturated rings. The van der Waals surface area contributed by atoms with Crippen molar-refractivity contribution in [3.8, 4) is 5.75 Å². The predicted octanol–water partition coefficient (Wildman–Crippen LogP) is 4.91. The molecule has 6 nitrogen and oxygen atoms in total. The lowest BCUT2D eigenvalue weighted by molar-refractivity contribution is -0.113. The molecule has 3 aromatic rings. The van der Waals surface area contributed by atoms with E-state index in [4.69, 9.17) is 4.74 Å². The number of nitrogens with one attached hydrogen (secondary N) is 1. The number of para-hydroxylation sites is 1. The van der Waals surface area contributed by atoms with E-state index in [9.17, 15) is 13.6 Å². The first-order valence-electron chi connectivity index (χ1n) is 9.90. The fourth-order valence-electron chi connectivity index (χ4n) is 2.72. The van der Waals surface area contributed by atoms with Gasteiger partial charge in [0.05, 0.1) is 11.4 Å². The van der Waals surface area contributed by atoms with Crippen LogP contribution < -0.4 is 10.1 Å². The van der Waals surface area contributed by atoms with Crippen molar-refractivity contribution < 1.29 is 18.3 Å². The molecule has 0 aliphatic carbocycles. The smallest absolute Gasteiger partial charge is 0.234 e. The molecule has 0 radical (unpaired) electrons. The molecular weight excluding hydrogens is 422 g/mol. The molecule has 3 rings (SSSR count). The van der Waals surface area contributed by atoms with E-state index in [1.54, 1.807) is 0 Å². The maximum absolute atomic E-state index is 13.7. The molecule has 1 heterocycles. The minimum atomic E-state index is -0.694. The van der Waals surface area contributed by atoms with Crippen LogP contribution in [0.5, 0.6) is 5.75 Å². The van der Waals surface area contributed by atoms with Gasteiger partial charge in [0.25, 0.3) is 0 Å². The molecule has 0 spiro atoms. The summed E-state index contributed by atoms with van der Waals surface area (Å²) in [5.41, 5.74) is -0.191. The summed E-state index contributed by atoms with van der Waals surface area (Å²) in [4.78, 5) is 12.2. The average molecular weight is 447 g/mol. The van der Waals surface area contributed by atoms with Crippen LogP contribution in [0.1, 0.15) is 26.1 Å². The van der Waals surface area contributed by atoms with E-state index in [2.05, 4.69) is 29.4 Å². The highest BCUT2D eigenvalue weighted by Crippen LogP contribution is 2.21. The highest BCUT2D eigenvalue weighted by atomic mass is 32.2. The van der Waals surface area contributed by atoms with Crippen molar-refractivity contribution in [2.75, 3.05) is 11.1 Å². The Kier molecular flexibility index (Phi) is 8.00. The number of amides is 1. The van der Waals surface area contributed by atoms with E-state index >= 15 is 0 Å². The van der Waals surface area contributed by atoms with Gasteiger partial charge in [-0.15, -0.1) is 10.2 Å². The van der Waals surface area contributed by atoms with Gasteiger partial charge in [0.15, 0.2) is 11.0 Å². The van der Waals surface area contributed by atoms with Crippen LogP contribution in [-0.2, 0) is 17.9 Å². The number of hydrogen-bond donors (Lipinski definition) is 1. The summed E-state index contributed by atoms with van der Waals surface area (Å²) in [6, 6.07) is 12.3. The second-order valence-corrected chi connectivity index (χ2v) is 8.24. The number of aromatic nitrogens is 3. The predicted molar refractivity (Wildman–Crippen MR) is 116 cm³/mol. The van der Waals surface area contributed by atoms with Gasteiger partial charge in [-0.1, -0.05) is 43.8 Å². The number of ether oxygens (including phenoxy) is 1. The summed E-state index contributed by atoms with van der Waals surface area (Å²) >= 11 is 1.18. The Morgan fingerprint density at radius 2 is 1.94 bits per heavy atom. The van der Waals surface area contributed by atoms with Gasteiger partial charge in [-0.05, 0) is 36.6 Å². The SMILES string of the molecule is CC(C)CCn1c(COc2ccccc2)nnc1SCC(=O)Nc1cc(F)ccc1F. The molecule has 1 amide bonds. The fraction of sp³-hybridized carbons (Fsp3) is 0.318. The van der Waals surface area contributed by atoms with Crippen molar-refractivity contribution >= 4 is 23.4 Å². The number of halogens is 2. The number of benzene rings is 2. The Labute approximate surface area is 184 Å². The van der Waals surface area contributed by atoms with Crippen LogP contribution in [-0.4, -0.2) is 26.4 Å². The highest BCUT2D eigenvalue weighted by molar-refractivity contribution is 7.99. The first kappa shape index (κ1) is 22.7. The van der Waals surface area contributed by atoms with Crippen LogP contribution in [0, 0.1) is 17.6 Å². The first-order valence-corrected chi connectivity index (χ1v) is 10.9. The lowest BCUT2D eigenvalue weighted by Gasteiger charge is -2.12. The van der Waals surface area contributed by atoms with Gasteiger partial charge in [0.2, 0.25) is 5.91 Å². The third kappa shape index (κ3) is 6.78. The molecule has 0 unspecified atom stereocenters. The Morgan fingerprint density at radius 1 is 1.16 bits per heavy atom. The van der Waals surface area contributed by atoms with Gasteiger partial charge >= 0.3 is 0 Å². The topological polar surface area (TPSA) is 69.0 Å². The number of hydrogen-bond acceptors (Lipinski definition) is 5. The number of anilines is 1. The van der Waals surface area contributed by atoms with Gasteiger partial charge < -0.3 is 14.6 Å². The maximum Gasteiger partial charge on any atom is 0.234 e. The second kappa shape index (κ2) is 10.9. The van der Waals surface area contributed by atoms with Gasteiger partial charge in [0, 0.05) is 12.6 Å². The fourth-order valence-corrected chi connectivity index (χ4v) is 3.50. The summed E-state index contributed by atoms with van der Waals surface area (Å²) < 4.78 is 34.8. The van der Waals surface area contributed by atoms with Crippen molar-refractivity contribution in [3.05, 3.63) is 66.0 Å². The summed E-state index contributed by atoms with van der Waals surface area (Å²) in [7, 11) is 0. The van der Waals surface area contributed by atoms with Crippen LogP contribution in [0.15, 0.2) is 53.7 Å². The lowest BCUT2D eigenvalue weighted by Crippen LogP contribution is -2.16. The molecule has 0 bridgehead atoms. The van der Waals surface area contributed by atoms with Crippen LogP contribution in [0.25, 0.3) is 0 Å². The zero-order chi connectivity index (χ0) is 22.2. The van der Waals surface area contributed by atoms with Crippen LogP contribution >= 0.6 is 11.8 Å². The van der Waals surface area contributed by atoms with Crippen molar-refractivity contribution in [3.63, 3.8) is 0 Å². The molecule has 1 aromatic heterocycles. The number of carbonyl (C=O) groups is 1. The largest absolute Gasteiger partial charge is 0.486 e. The highest BCUT2D eigenvalue weighted by Gasteiger charge is 2.16. The van der Waals surface area contributed by atoms with Crippen LogP contribution in [0.2, 0.25) is 0 Å². The molecular formula is C22H24F2N4O2S. The number of thioether (sulfide) groups is 1. The summed E-state index contributed by atoms with van der Waals surface area (Å²) in [5, 5.41) is 11.4. The minimum absolute atomic E-state index is 0.0185. The number of rotatable bonds is 10. The van der Waals surface area contributed by atoms with E-state index in [-0.39, 0.29) is 18.0 Å². The zero-order valence-electron chi connectivity index (χ0n) is 17.3. The molecule has 1 N–H and O–H groups in total. The molecule has 9 heteroatoms. The Bertz CT molecular complexity index is 1010. The molecule has 164 valence electrons. The molecule has 0 saturated carbocycles. The number of nitrogens with zero attached hydrogens (tertiary/aromatic N) is 3. The van der Waals surface area contributed by atoms with Gasteiger partial charge in [0.1, 0.15) is 24.0 Å². The number of carbonyl (C=O) groups excluding carboxylic acids is 1. The summed E-state index contributed by atoms with van der Waals surface area (Å²) in [6.45, 7) is 5.17. The third-order valence-corrected chi connectivity index (χ3v) is 5.34. The van der Waals surface area contributed by atoms with Gasteiger partial charge in [-0.3, -0.25) is 4.79 Å². The Hall–Kier alpha value is -2.94. The Morgan fingerprint density at radius 3 is 2.68 bits per heavy atom. The van der Waals surface area contributed by atoms with Crippen LogP contribution in [0.4, 0.5) is 14.5 Å². The molecule has 0 saturated heterocycles. The van der Waals surface area contributed by atoms with Crippen molar-refractivity contribution in [1.82, 2.24) is 14.8 Å².